The first-order valence-electron chi connectivity index (χ1n) is 7.06. The minimum Gasteiger partial charge on any atom is -0.374 e. The third-order valence-electron chi connectivity index (χ3n) is 3.30. The van der Waals surface area contributed by atoms with E-state index in [2.05, 4.69) is 48.4 Å². The molecule has 0 radical (unpaired) electrons. The fraction of sp³-hybridized carbons (Fsp3) is 0.692. The highest BCUT2D eigenvalue weighted by Gasteiger charge is 2.19. The predicted octanol–water partition coefficient (Wildman–Crippen LogP) is 1.80. The Kier molecular flexibility index (Phi) is 6.00. The average Bonchev–Trinajstić information content (AvgIpc) is 2.48. The molecule has 0 aliphatic carbocycles. The van der Waals surface area contributed by atoms with Crippen LogP contribution in [-0.4, -0.2) is 60.3 Å². The highest BCUT2D eigenvalue weighted by atomic mass is 79.9. The van der Waals surface area contributed by atoms with Crippen molar-refractivity contribution in [3.63, 3.8) is 0 Å². The lowest BCUT2D eigenvalue weighted by Gasteiger charge is -2.32. The zero-order valence-electron chi connectivity index (χ0n) is 12.0. The van der Waals surface area contributed by atoms with Gasteiger partial charge in [-0.3, -0.25) is 4.90 Å². The Morgan fingerprint density at radius 2 is 2.10 bits per heavy atom. The third-order valence-corrected chi connectivity index (χ3v) is 4.05. The number of anilines is 2. The van der Waals surface area contributed by atoms with Gasteiger partial charge in [0.1, 0.15) is 22.4 Å². The Morgan fingerprint density at radius 1 is 1.35 bits per heavy atom. The quantitative estimate of drug-likeness (QED) is 0.821. The number of morpholine rings is 1. The second-order valence-corrected chi connectivity index (χ2v) is 5.48. The number of nitrogens with zero attached hydrogens (tertiary/aromatic N) is 3. The summed E-state index contributed by atoms with van der Waals surface area (Å²) in [4.78, 5) is 10.9. The summed E-state index contributed by atoms with van der Waals surface area (Å²) >= 11 is 3.53. The van der Waals surface area contributed by atoms with E-state index in [0.29, 0.717) is 0 Å². The third kappa shape index (κ3) is 4.04. The average molecular weight is 344 g/mol. The molecule has 112 valence electrons. The van der Waals surface area contributed by atoms with Gasteiger partial charge in [-0.2, -0.15) is 0 Å². The molecule has 1 fully saturated rings. The second-order valence-electron chi connectivity index (χ2n) is 4.68. The summed E-state index contributed by atoms with van der Waals surface area (Å²) in [6.07, 6.45) is 1.76. The minimum atomic E-state index is 0.202. The monoisotopic (exact) mass is 343 g/mol. The van der Waals surface area contributed by atoms with E-state index >= 15 is 0 Å². The molecule has 20 heavy (non-hydrogen) atoms. The molecule has 2 rings (SSSR count). The van der Waals surface area contributed by atoms with Crippen molar-refractivity contribution in [2.45, 2.75) is 20.0 Å². The van der Waals surface area contributed by atoms with Crippen LogP contribution in [-0.2, 0) is 4.74 Å². The molecular weight excluding hydrogens is 322 g/mol. The van der Waals surface area contributed by atoms with Crippen LogP contribution in [0.1, 0.15) is 13.8 Å². The second kappa shape index (κ2) is 7.75. The maximum Gasteiger partial charge on any atom is 0.146 e. The summed E-state index contributed by atoms with van der Waals surface area (Å²) in [5.41, 5.74) is 0. The Hall–Kier alpha value is -0.920. The van der Waals surface area contributed by atoms with E-state index in [9.17, 15) is 0 Å². The highest BCUT2D eigenvalue weighted by Crippen LogP contribution is 2.26. The lowest BCUT2D eigenvalue weighted by Crippen LogP contribution is -2.45. The Labute approximate surface area is 128 Å². The SMILES string of the molecule is CCNc1ncnc(NCC2CN(CC)CCO2)c1Br. The number of likely N-dealkylation sites (N-methyl/N-ethyl adjacent to an activating group) is 1. The summed E-state index contributed by atoms with van der Waals surface area (Å²) < 4.78 is 6.64. The van der Waals surface area contributed by atoms with E-state index in [1.807, 2.05) is 6.92 Å². The molecule has 0 spiro atoms. The first-order chi connectivity index (χ1) is 9.74. The molecule has 2 N–H and O–H groups in total. The standard InChI is InChI=1S/C13H22BrN5O/c1-3-15-12-11(14)13(18-9-17-12)16-7-10-8-19(4-2)5-6-20-10/h9-10H,3-8H2,1-2H3,(H2,15,16,17,18). The van der Waals surface area contributed by atoms with E-state index in [4.69, 9.17) is 4.74 Å². The Balaban J connectivity index is 1.92. The predicted molar refractivity (Wildman–Crippen MR) is 84.2 cm³/mol. The van der Waals surface area contributed by atoms with Gasteiger partial charge in [-0.05, 0) is 29.4 Å². The lowest BCUT2D eigenvalue weighted by atomic mass is 10.2. The molecule has 6 nitrogen and oxygen atoms in total. The van der Waals surface area contributed by atoms with E-state index in [1.165, 1.54) is 0 Å². The van der Waals surface area contributed by atoms with E-state index < -0.39 is 0 Å². The summed E-state index contributed by atoms with van der Waals surface area (Å²) in [6, 6.07) is 0. The molecule has 1 unspecified atom stereocenters. The summed E-state index contributed by atoms with van der Waals surface area (Å²) in [6.45, 7) is 9.65. The van der Waals surface area contributed by atoms with Crippen molar-refractivity contribution in [1.82, 2.24) is 14.9 Å². The van der Waals surface area contributed by atoms with Gasteiger partial charge in [-0.1, -0.05) is 6.92 Å². The van der Waals surface area contributed by atoms with Crippen LogP contribution in [0, 0.1) is 0 Å². The van der Waals surface area contributed by atoms with Gasteiger partial charge < -0.3 is 15.4 Å². The van der Waals surface area contributed by atoms with Crippen LogP contribution in [0.5, 0.6) is 0 Å². The molecule has 1 saturated heterocycles. The molecule has 1 aliphatic rings. The molecule has 2 heterocycles. The summed E-state index contributed by atoms with van der Waals surface area (Å²) in [5.74, 6) is 1.61. The molecule has 0 bridgehead atoms. The van der Waals surface area contributed by atoms with Crippen LogP contribution in [0.4, 0.5) is 11.6 Å². The molecular formula is C13H22BrN5O. The molecule has 1 atom stereocenters. The Morgan fingerprint density at radius 3 is 2.80 bits per heavy atom. The number of hydrogen-bond acceptors (Lipinski definition) is 6. The zero-order valence-corrected chi connectivity index (χ0v) is 13.6. The van der Waals surface area contributed by atoms with Crippen molar-refractivity contribution in [2.75, 3.05) is 50.0 Å². The van der Waals surface area contributed by atoms with Crippen molar-refractivity contribution in [3.8, 4) is 0 Å². The molecule has 0 amide bonds. The fourth-order valence-corrected chi connectivity index (χ4v) is 2.67. The lowest BCUT2D eigenvalue weighted by molar-refractivity contribution is -0.0192. The van der Waals surface area contributed by atoms with Crippen LogP contribution in [0.25, 0.3) is 0 Å². The number of halogens is 1. The van der Waals surface area contributed by atoms with Gasteiger partial charge in [0.15, 0.2) is 0 Å². The molecule has 1 aromatic rings. The van der Waals surface area contributed by atoms with E-state index in [1.54, 1.807) is 6.33 Å². The van der Waals surface area contributed by atoms with Gasteiger partial charge in [0.05, 0.1) is 12.7 Å². The molecule has 0 aromatic carbocycles. The van der Waals surface area contributed by atoms with Crippen LogP contribution >= 0.6 is 15.9 Å². The number of ether oxygens (including phenoxy) is 1. The van der Waals surface area contributed by atoms with Crippen molar-refractivity contribution in [2.24, 2.45) is 0 Å². The van der Waals surface area contributed by atoms with Gasteiger partial charge >= 0.3 is 0 Å². The van der Waals surface area contributed by atoms with Crippen molar-refractivity contribution >= 4 is 27.6 Å². The van der Waals surface area contributed by atoms with E-state index in [0.717, 1.165) is 55.4 Å². The minimum absolute atomic E-state index is 0.202. The largest absolute Gasteiger partial charge is 0.374 e. The van der Waals surface area contributed by atoms with Crippen molar-refractivity contribution in [3.05, 3.63) is 10.8 Å². The van der Waals surface area contributed by atoms with Crippen LogP contribution in [0.2, 0.25) is 0 Å². The van der Waals surface area contributed by atoms with E-state index in [-0.39, 0.29) is 6.10 Å². The smallest absolute Gasteiger partial charge is 0.146 e. The summed E-state index contributed by atoms with van der Waals surface area (Å²) in [7, 11) is 0. The zero-order chi connectivity index (χ0) is 14.4. The molecule has 7 heteroatoms. The normalized spacial score (nSPS) is 19.9. The van der Waals surface area contributed by atoms with Gasteiger partial charge in [-0.15, -0.1) is 0 Å². The van der Waals surface area contributed by atoms with Crippen LogP contribution in [0.15, 0.2) is 10.8 Å². The summed E-state index contributed by atoms with van der Waals surface area (Å²) in [5, 5.41) is 6.53. The van der Waals surface area contributed by atoms with Gasteiger partial charge in [0.2, 0.25) is 0 Å². The highest BCUT2D eigenvalue weighted by molar-refractivity contribution is 9.10. The molecule has 1 aliphatic heterocycles. The van der Waals surface area contributed by atoms with Crippen molar-refractivity contribution < 1.29 is 4.74 Å². The number of hydrogen-bond donors (Lipinski definition) is 2. The van der Waals surface area contributed by atoms with Gasteiger partial charge in [0, 0.05) is 26.2 Å². The van der Waals surface area contributed by atoms with Crippen molar-refractivity contribution in [1.29, 1.82) is 0 Å². The number of nitrogens with one attached hydrogen (secondary N) is 2. The first-order valence-corrected chi connectivity index (χ1v) is 7.86. The fourth-order valence-electron chi connectivity index (χ4n) is 2.19. The first kappa shape index (κ1) is 15.5. The number of rotatable bonds is 6. The Bertz CT molecular complexity index is 431. The molecule has 1 aromatic heterocycles. The van der Waals surface area contributed by atoms with Crippen LogP contribution < -0.4 is 10.6 Å². The maximum atomic E-state index is 5.77. The maximum absolute atomic E-state index is 5.77. The topological polar surface area (TPSA) is 62.3 Å². The molecule has 0 saturated carbocycles. The van der Waals surface area contributed by atoms with Crippen LogP contribution in [0.3, 0.4) is 0 Å². The van der Waals surface area contributed by atoms with Gasteiger partial charge in [0.25, 0.3) is 0 Å². The van der Waals surface area contributed by atoms with Gasteiger partial charge in [-0.25, -0.2) is 9.97 Å². The number of aromatic nitrogens is 2.